The van der Waals surface area contributed by atoms with Crippen molar-refractivity contribution in [3.8, 4) is 5.75 Å². The Morgan fingerprint density at radius 1 is 1.53 bits per heavy atom. The summed E-state index contributed by atoms with van der Waals surface area (Å²) in [4.78, 5) is 12.3. The van der Waals surface area contributed by atoms with Crippen molar-refractivity contribution in [1.29, 1.82) is 0 Å². The molecule has 84 valence electrons. The smallest absolute Gasteiger partial charge is 0.349 e. The van der Waals surface area contributed by atoms with Crippen LogP contribution in [0.15, 0.2) is 6.07 Å². The Hall–Kier alpha value is -1.03. The van der Waals surface area contributed by atoms with E-state index in [1.165, 1.54) is 11.3 Å². The van der Waals surface area contributed by atoms with Gasteiger partial charge in [-0.1, -0.05) is 20.3 Å². The molecule has 0 unspecified atom stereocenters. The molecule has 0 saturated heterocycles. The van der Waals surface area contributed by atoms with Crippen LogP contribution < -0.4 is 4.74 Å². The van der Waals surface area contributed by atoms with Crippen molar-refractivity contribution >= 4 is 17.3 Å². The summed E-state index contributed by atoms with van der Waals surface area (Å²) in [7, 11) is 0. The van der Waals surface area contributed by atoms with Gasteiger partial charge in [-0.25, -0.2) is 4.79 Å². The van der Waals surface area contributed by atoms with E-state index in [4.69, 9.17) is 9.84 Å². The highest BCUT2D eigenvalue weighted by Crippen LogP contribution is 2.29. The third-order valence-corrected chi connectivity index (χ3v) is 3.30. The van der Waals surface area contributed by atoms with Gasteiger partial charge in [-0.2, -0.15) is 0 Å². The van der Waals surface area contributed by atoms with E-state index in [1.54, 1.807) is 0 Å². The molecule has 0 spiro atoms. The number of carboxylic acid groups (broad SMARTS) is 1. The summed E-state index contributed by atoms with van der Waals surface area (Å²) in [5, 5.41) is 8.96. The second-order valence-corrected chi connectivity index (χ2v) is 4.40. The molecular formula is C11H16O3S. The van der Waals surface area contributed by atoms with Gasteiger partial charge in [0.15, 0.2) is 4.88 Å². The maximum Gasteiger partial charge on any atom is 0.349 e. The average molecular weight is 228 g/mol. The maximum absolute atomic E-state index is 10.9. The maximum atomic E-state index is 10.9. The number of hydrogen-bond donors (Lipinski definition) is 1. The molecule has 1 N–H and O–H groups in total. The van der Waals surface area contributed by atoms with Gasteiger partial charge in [0, 0.05) is 4.88 Å². The van der Waals surface area contributed by atoms with E-state index in [2.05, 4.69) is 6.92 Å². The molecular weight excluding hydrogens is 212 g/mol. The molecule has 0 atom stereocenters. The van der Waals surface area contributed by atoms with Crippen molar-refractivity contribution in [2.75, 3.05) is 6.61 Å². The second kappa shape index (κ2) is 5.75. The van der Waals surface area contributed by atoms with Gasteiger partial charge in [-0.15, -0.1) is 11.3 Å². The summed E-state index contributed by atoms with van der Waals surface area (Å²) in [6.07, 6.45) is 2.85. The molecule has 0 fully saturated rings. The molecule has 0 aliphatic heterocycles. The monoisotopic (exact) mass is 228 g/mol. The summed E-state index contributed by atoms with van der Waals surface area (Å²) >= 11 is 1.30. The number of carbonyl (C=O) groups is 1. The molecule has 3 nitrogen and oxygen atoms in total. The van der Waals surface area contributed by atoms with Crippen molar-refractivity contribution in [3.05, 3.63) is 15.8 Å². The molecule has 0 amide bonds. The number of aromatic carboxylic acids is 1. The molecule has 1 aromatic rings. The first-order chi connectivity index (χ1) is 7.19. The Bertz CT molecular complexity index is 331. The topological polar surface area (TPSA) is 46.5 Å². The number of unbranched alkanes of at least 4 members (excludes halogenated alkanes) is 1. The molecule has 15 heavy (non-hydrogen) atoms. The summed E-state index contributed by atoms with van der Waals surface area (Å²) in [6, 6.07) is 1.84. The Balaban J connectivity index is 2.75. The Labute approximate surface area is 93.7 Å². The first-order valence-corrected chi connectivity index (χ1v) is 5.99. The van der Waals surface area contributed by atoms with Gasteiger partial charge in [0.25, 0.3) is 0 Å². The summed E-state index contributed by atoms with van der Waals surface area (Å²) in [5.41, 5.74) is 0. The zero-order valence-corrected chi connectivity index (χ0v) is 9.89. The lowest BCUT2D eigenvalue weighted by Gasteiger charge is -2.03. The van der Waals surface area contributed by atoms with Crippen LogP contribution in [0.1, 0.15) is 41.2 Å². The lowest BCUT2D eigenvalue weighted by atomic mass is 10.3. The second-order valence-electron chi connectivity index (χ2n) is 3.27. The zero-order valence-electron chi connectivity index (χ0n) is 9.08. The van der Waals surface area contributed by atoms with Crippen LogP contribution in [-0.4, -0.2) is 17.7 Å². The SMILES string of the molecule is CCCCOc1cc(CC)sc1C(=O)O. The summed E-state index contributed by atoms with van der Waals surface area (Å²) in [6.45, 7) is 4.68. The fraction of sp³-hybridized carbons (Fsp3) is 0.545. The van der Waals surface area contributed by atoms with E-state index >= 15 is 0 Å². The average Bonchev–Trinajstić information content (AvgIpc) is 2.62. The molecule has 1 aromatic heterocycles. The highest BCUT2D eigenvalue weighted by Gasteiger charge is 2.15. The minimum absolute atomic E-state index is 0.322. The van der Waals surface area contributed by atoms with Crippen molar-refractivity contribution < 1.29 is 14.6 Å². The first-order valence-electron chi connectivity index (χ1n) is 5.17. The molecule has 0 aliphatic carbocycles. The Morgan fingerprint density at radius 3 is 2.80 bits per heavy atom. The van der Waals surface area contributed by atoms with Crippen LogP contribution in [0, 0.1) is 0 Å². The molecule has 0 radical (unpaired) electrons. The van der Waals surface area contributed by atoms with Gasteiger partial charge in [0.05, 0.1) is 6.61 Å². The third-order valence-electron chi connectivity index (χ3n) is 2.05. The van der Waals surface area contributed by atoms with Crippen LogP contribution in [0.5, 0.6) is 5.75 Å². The first kappa shape index (κ1) is 12.0. The largest absolute Gasteiger partial charge is 0.492 e. The van der Waals surface area contributed by atoms with E-state index in [-0.39, 0.29) is 0 Å². The van der Waals surface area contributed by atoms with Crippen molar-refractivity contribution in [1.82, 2.24) is 0 Å². The van der Waals surface area contributed by atoms with Crippen LogP contribution in [0.2, 0.25) is 0 Å². The Morgan fingerprint density at radius 2 is 2.27 bits per heavy atom. The van der Waals surface area contributed by atoms with Gasteiger partial charge in [0.1, 0.15) is 5.75 Å². The molecule has 1 heterocycles. The summed E-state index contributed by atoms with van der Waals surface area (Å²) < 4.78 is 5.45. The minimum Gasteiger partial charge on any atom is -0.492 e. The van der Waals surface area contributed by atoms with E-state index in [9.17, 15) is 4.79 Å². The number of aryl methyl sites for hydroxylation is 1. The van der Waals surface area contributed by atoms with E-state index < -0.39 is 5.97 Å². The van der Waals surface area contributed by atoms with Crippen LogP contribution in [0.3, 0.4) is 0 Å². The van der Waals surface area contributed by atoms with Crippen LogP contribution in [-0.2, 0) is 6.42 Å². The number of ether oxygens (including phenoxy) is 1. The predicted molar refractivity (Wildman–Crippen MR) is 61.1 cm³/mol. The fourth-order valence-corrected chi connectivity index (χ4v) is 2.06. The van der Waals surface area contributed by atoms with E-state index in [0.717, 1.165) is 24.1 Å². The molecule has 0 saturated carbocycles. The lowest BCUT2D eigenvalue weighted by molar-refractivity contribution is 0.0698. The number of carboxylic acids is 1. The van der Waals surface area contributed by atoms with Gasteiger partial charge in [0.2, 0.25) is 0 Å². The van der Waals surface area contributed by atoms with Gasteiger partial charge >= 0.3 is 5.97 Å². The molecule has 0 aliphatic rings. The highest BCUT2D eigenvalue weighted by molar-refractivity contribution is 7.14. The quantitative estimate of drug-likeness (QED) is 0.761. The molecule has 0 bridgehead atoms. The zero-order chi connectivity index (χ0) is 11.3. The Kier molecular flexibility index (Phi) is 4.62. The normalized spacial score (nSPS) is 10.3. The van der Waals surface area contributed by atoms with Crippen LogP contribution in [0.25, 0.3) is 0 Å². The van der Waals surface area contributed by atoms with Crippen molar-refractivity contribution in [2.45, 2.75) is 33.1 Å². The van der Waals surface area contributed by atoms with Gasteiger partial charge in [-0.05, 0) is 18.9 Å². The third kappa shape index (κ3) is 3.23. The predicted octanol–water partition coefficient (Wildman–Crippen LogP) is 3.19. The number of thiophene rings is 1. The number of rotatable bonds is 6. The molecule has 4 heteroatoms. The number of hydrogen-bond acceptors (Lipinski definition) is 3. The van der Waals surface area contributed by atoms with E-state index in [1.807, 2.05) is 13.0 Å². The van der Waals surface area contributed by atoms with Crippen molar-refractivity contribution in [3.63, 3.8) is 0 Å². The highest BCUT2D eigenvalue weighted by atomic mass is 32.1. The van der Waals surface area contributed by atoms with Crippen LogP contribution in [0.4, 0.5) is 0 Å². The van der Waals surface area contributed by atoms with Gasteiger partial charge in [-0.3, -0.25) is 0 Å². The minimum atomic E-state index is -0.897. The standard InChI is InChI=1S/C11H16O3S/c1-3-5-6-14-9-7-8(4-2)15-10(9)11(12)13/h7H,3-6H2,1-2H3,(H,12,13). The van der Waals surface area contributed by atoms with E-state index in [0.29, 0.717) is 17.2 Å². The molecule has 1 rings (SSSR count). The fourth-order valence-electron chi connectivity index (χ4n) is 1.18. The van der Waals surface area contributed by atoms with Crippen LogP contribution >= 0.6 is 11.3 Å². The molecule has 0 aromatic carbocycles. The lowest BCUT2D eigenvalue weighted by Crippen LogP contribution is -2.00. The summed E-state index contributed by atoms with van der Waals surface area (Å²) in [5.74, 6) is -0.371. The van der Waals surface area contributed by atoms with Gasteiger partial charge < -0.3 is 9.84 Å². The van der Waals surface area contributed by atoms with Crippen molar-refractivity contribution in [2.24, 2.45) is 0 Å².